The SMILES string of the molecule is CCOc1ccc([C@@H]2CCCN2C(=O)c2nn(CC)c(=O)c3ccccc23)cc1. The third-order valence-electron chi connectivity index (χ3n) is 5.46. The summed E-state index contributed by atoms with van der Waals surface area (Å²) in [6.45, 7) is 5.54. The van der Waals surface area contributed by atoms with E-state index in [0.717, 1.165) is 24.2 Å². The standard InChI is InChI=1S/C23H25N3O3/c1-3-26-22(27)19-9-6-5-8-18(19)21(24-26)23(28)25-15-7-10-20(25)16-11-13-17(14-12-16)29-4-2/h5-6,8-9,11-14,20H,3-4,7,10,15H2,1-2H3/t20-/m0/s1. The van der Waals surface area contributed by atoms with Crippen molar-refractivity contribution in [1.82, 2.24) is 14.7 Å². The van der Waals surface area contributed by atoms with Crippen LogP contribution in [0.1, 0.15) is 48.8 Å². The first-order valence-corrected chi connectivity index (χ1v) is 10.2. The smallest absolute Gasteiger partial charge is 0.275 e. The Balaban J connectivity index is 1.72. The van der Waals surface area contributed by atoms with Crippen LogP contribution in [0, 0.1) is 0 Å². The van der Waals surface area contributed by atoms with E-state index in [0.29, 0.717) is 36.2 Å². The van der Waals surface area contributed by atoms with E-state index in [-0.39, 0.29) is 17.5 Å². The highest BCUT2D eigenvalue weighted by atomic mass is 16.5. The van der Waals surface area contributed by atoms with E-state index in [2.05, 4.69) is 5.10 Å². The number of amides is 1. The van der Waals surface area contributed by atoms with Crippen LogP contribution in [0.5, 0.6) is 5.75 Å². The van der Waals surface area contributed by atoms with Crippen LogP contribution in [0.25, 0.3) is 10.8 Å². The van der Waals surface area contributed by atoms with Crippen molar-refractivity contribution in [2.24, 2.45) is 0 Å². The molecule has 1 aliphatic rings. The van der Waals surface area contributed by atoms with Crippen LogP contribution in [0.3, 0.4) is 0 Å². The van der Waals surface area contributed by atoms with Gasteiger partial charge in [0.2, 0.25) is 0 Å². The number of benzene rings is 2. The monoisotopic (exact) mass is 391 g/mol. The van der Waals surface area contributed by atoms with Gasteiger partial charge in [-0.25, -0.2) is 4.68 Å². The fraction of sp³-hybridized carbons (Fsp3) is 0.348. The van der Waals surface area contributed by atoms with Crippen LogP contribution in [-0.4, -0.2) is 33.7 Å². The number of hydrogen-bond acceptors (Lipinski definition) is 4. The van der Waals surface area contributed by atoms with Gasteiger partial charge in [-0.05, 0) is 50.5 Å². The van der Waals surface area contributed by atoms with E-state index >= 15 is 0 Å². The number of aromatic nitrogens is 2. The van der Waals surface area contributed by atoms with E-state index in [9.17, 15) is 9.59 Å². The van der Waals surface area contributed by atoms with Crippen LogP contribution in [0.15, 0.2) is 53.3 Å². The van der Waals surface area contributed by atoms with Gasteiger partial charge in [-0.15, -0.1) is 0 Å². The second-order valence-electron chi connectivity index (χ2n) is 7.17. The summed E-state index contributed by atoms with van der Waals surface area (Å²) >= 11 is 0. The Morgan fingerprint density at radius 3 is 2.52 bits per heavy atom. The van der Waals surface area contributed by atoms with Gasteiger partial charge in [0.1, 0.15) is 5.75 Å². The van der Waals surface area contributed by atoms with Crippen molar-refractivity contribution in [3.63, 3.8) is 0 Å². The van der Waals surface area contributed by atoms with Gasteiger partial charge in [0.05, 0.1) is 18.0 Å². The molecule has 150 valence electrons. The zero-order valence-electron chi connectivity index (χ0n) is 16.8. The highest BCUT2D eigenvalue weighted by molar-refractivity contribution is 6.05. The molecule has 1 saturated heterocycles. The summed E-state index contributed by atoms with van der Waals surface area (Å²) in [6.07, 6.45) is 1.85. The average Bonchev–Trinajstić information content (AvgIpc) is 3.24. The summed E-state index contributed by atoms with van der Waals surface area (Å²) in [5, 5.41) is 5.57. The third kappa shape index (κ3) is 3.50. The minimum Gasteiger partial charge on any atom is -0.494 e. The van der Waals surface area contributed by atoms with Crippen LogP contribution < -0.4 is 10.3 Å². The van der Waals surface area contributed by atoms with Gasteiger partial charge in [-0.2, -0.15) is 5.10 Å². The molecule has 0 saturated carbocycles. The van der Waals surface area contributed by atoms with Gasteiger partial charge in [0.15, 0.2) is 5.69 Å². The zero-order valence-corrected chi connectivity index (χ0v) is 16.8. The van der Waals surface area contributed by atoms with Crippen molar-refractivity contribution in [2.45, 2.75) is 39.3 Å². The van der Waals surface area contributed by atoms with Crippen molar-refractivity contribution >= 4 is 16.7 Å². The Labute approximate surface area is 169 Å². The van der Waals surface area contributed by atoms with E-state index in [1.807, 2.05) is 55.1 Å². The molecule has 1 amide bonds. The summed E-state index contributed by atoms with van der Waals surface area (Å²) in [4.78, 5) is 28.0. The number of hydrogen-bond donors (Lipinski definition) is 0. The Kier molecular flexibility index (Phi) is 5.34. The predicted molar refractivity (Wildman–Crippen MR) is 112 cm³/mol. The minimum absolute atomic E-state index is 0.000688. The summed E-state index contributed by atoms with van der Waals surface area (Å²) in [5.74, 6) is 0.703. The Morgan fingerprint density at radius 2 is 1.83 bits per heavy atom. The summed E-state index contributed by atoms with van der Waals surface area (Å²) in [5.41, 5.74) is 1.27. The molecule has 3 aromatic rings. The first-order valence-electron chi connectivity index (χ1n) is 10.2. The maximum absolute atomic E-state index is 13.5. The van der Waals surface area contributed by atoms with Crippen molar-refractivity contribution in [1.29, 1.82) is 0 Å². The highest BCUT2D eigenvalue weighted by Crippen LogP contribution is 2.34. The number of rotatable bonds is 5. The fourth-order valence-corrected chi connectivity index (χ4v) is 4.05. The molecule has 6 heteroatoms. The molecule has 0 spiro atoms. The highest BCUT2D eigenvalue weighted by Gasteiger charge is 2.32. The average molecular weight is 391 g/mol. The molecule has 6 nitrogen and oxygen atoms in total. The lowest BCUT2D eigenvalue weighted by molar-refractivity contribution is 0.0729. The normalized spacial score (nSPS) is 16.3. The zero-order chi connectivity index (χ0) is 20.4. The molecule has 1 atom stereocenters. The minimum atomic E-state index is -0.163. The Hall–Kier alpha value is -3.15. The summed E-state index contributed by atoms with van der Waals surface area (Å²) < 4.78 is 6.90. The Morgan fingerprint density at radius 1 is 1.10 bits per heavy atom. The molecular weight excluding hydrogens is 366 g/mol. The number of carbonyl (C=O) groups excluding carboxylic acids is 1. The Bertz CT molecular complexity index is 1090. The number of aryl methyl sites for hydroxylation is 1. The lowest BCUT2D eigenvalue weighted by atomic mass is 10.0. The second kappa shape index (κ2) is 8.07. The fourth-order valence-electron chi connectivity index (χ4n) is 4.05. The number of carbonyl (C=O) groups is 1. The van der Waals surface area contributed by atoms with Crippen LogP contribution >= 0.6 is 0 Å². The first kappa shape index (κ1) is 19.2. The van der Waals surface area contributed by atoms with Crippen molar-refractivity contribution < 1.29 is 9.53 Å². The largest absolute Gasteiger partial charge is 0.494 e. The van der Waals surface area contributed by atoms with Crippen LogP contribution in [0.4, 0.5) is 0 Å². The molecule has 0 bridgehead atoms. The molecule has 0 N–H and O–H groups in total. The van der Waals surface area contributed by atoms with E-state index in [4.69, 9.17) is 4.74 Å². The van der Waals surface area contributed by atoms with E-state index in [1.54, 1.807) is 12.1 Å². The summed E-state index contributed by atoms with van der Waals surface area (Å²) in [7, 11) is 0. The maximum Gasteiger partial charge on any atom is 0.275 e. The number of likely N-dealkylation sites (tertiary alicyclic amines) is 1. The predicted octanol–water partition coefficient (Wildman–Crippen LogP) is 3.79. The van der Waals surface area contributed by atoms with E-state index < -0.39 is 0 Å². The van der Waals surface area contributed by atoms with Gasteiger partial charge in [-0.1, -0.05) is 30.3 Å². The van der Waals surface area contributed by atoms with Gasteiger partial charge in [0, 0.05) is 18.5 Å². The molecule has 2 heterocycles. The molecule has 2 aromatic carbocycles. The lowest BCUT2D eigenvalue weighted by Crippen LogP contribution is -2.34. The quantitative estimate of drug-likeness (QED) is 0.664. The van der Waals surface area contributed by atoms with E-state index in [1.165, 1.54) is 4.68 Å². The molecular formula is C23H25N3O3. The molecule has 1 aliphatic heterocycles. The molecule has 29 heavy (non-hydrogen) atoms. The molecule has 0 radical (unpaired) electrons. The second-order valence-corrected chi connectivity index (χ2v) is 7.17. The lowest BCUT2D eigenvalue weighted by Gasteiger charge is -2.25. The number of nitrogens with zero attached hydrogens (tertiary/aromatic N) is 3. The first-order chi connectivity index (χ1) is 14.1. The molecule has 1 fully saturated rings. The van der Waals surface area contributed by atoms with Gasteiger partial charge in [-0.3, -0.25) is 9.59 Å². The van der Waals surface area contributed by atoms with Crippen LogP contribution in [-0.2, 0) is 6.54 Å². The van der Waals surface area contributed by atoms with Crippen molar-refractivity contribution in [3.8, 4) is 5.75 Å². The maximum atomic E-state index is 13.5. The molecule has 0 unspecified atom stereocenters. The molecule has 0 aliphatic carbocycles. The van der Waals surface area contributed by atoms with Crippen molar-refractivity contribution in [3.05, 3.63) is 70.1 Å². The summed E-state index contributed by atoms with van der Waals surface area (Å²) in [6, 6.07) is 15.2. The van der Waals surface area contributed by atoms with Gasteiger partial charge >= 0.3 is 0 Å². The van der Waals surface area contributed by atoms with Gasteiger partial charge < -0.3 is 9.64 Å². The third-order valence-corrected chi connectivity index (χ3v) is 5.46. The topological polar surface area (TPSA) is 64.4 Å². The number of ether oxygens (including phenoxy) is 1. The number of fused-ring (bicyclic) bond motifs is 1. The molecule has 1 aromatic heterocycles. The van der Waals surface area contributed by atoms with Crippen LogP contribution in [0.2, 0.25) is 0 Å². The van der Waals surface area contributed by atoms with Crippen molar-refractivity contribution in [2.75, 3.05) is 13.2 Å². The molecule has 4 rings (SSSR count). The van der Waals surface area contributed by atoms with Gasteiger partial charge in [0.25, 0.3) is 11.5 Å².